The number of nitrogens with zero attached hydrogens (tertiary/aromatic N) is 2. The maximum atomic E-state index is 12.0. The number of hydrogen-bond donors (Lipinski definition) is 3. The van der Waals surface area contributed by atoms with E-state index in [1.165, 1.54) is 31.5 Å². The van der Waals surface area contributed by atoms with Crippen LogP contribution in [0.4, 0.5) is 5.69 Å². The van der Waals surface area contributed by atoms with E-state index in [0.29, 0.717) is 13.0 Å². The number of carbonyl (C=O) groups excluding carboxylic acids is 1. The van der Waals surface area contributed by atoms with E-state index in [-0.39, 0.29) is 35.8 Å². The Morgan fingerprint density at radius 2 is 2.00 bits per heavy atom. The number of halogens is 1. The highest BCUT2D eigenvalue weighted by atomic mass is 127. The number of guanidine groups is 1. The maximum absolute atomic E-state index is 12.0. The maximum Gasteiger partial charge on any atom is 0.225 e. The van der Waals surface area contributed by atoms with Crippen molar-refractivity contribution in [3.8, 4) is 0 Å². The van der Waals surface area contributed by atoms with E-state index in [9.17, 15) is 4.79 Å². The first-order valence-corrected chi connectivity index (χ1v) is 10.8. The molecule has 0 saturated carbocycles. The molecule has 1 atom stereocenters. The summed E-state index contributed by atoms with van der Waals surface area (Å²) in [6, 6.07) is 8.04. The number of hydrogen-bond acceptors (Lipinski definition) is 3. The third kappa shape index (κ3) is 7.44. The Hall–Kier alpha value is -1.35. The van der Waals surface area contributed by atoms with Crippen molar-refractivity contribution in [3.05, 3.63) is 29.8 Å². The molecule has 162 valence electrons. The van der Waals surface area contributed by atoms with Gasteiger partial charge in [0.25, 0.3) is 0 Å². The van der Waals surface area contributed by atoms with Gasteiger partial charge in [0.2, 0.25) is 5.91 Å². The molecule has 1 amide bonds. The van der Waals surface area contributed by atoms with E-state index in [0.717, 1.165) is 43.6 Å². The lowest BCUT2D eigenvalue weighted by Gasteiger charge is -2.30. The second kappa shape index (κ2) is 12.4. The molecule has 0 bridgehead atoms. The number of amides is 1. The molecule has 2 aliphatic heterocycles. The van der Waals surface area contributed by atoms with Crippen LogP contribution in [0.1, 0.15) is 51.0 Å². The van der Waals surface area contributed by atoms with Crippen LogP contribution in [0.2, 0.25) is 0 Å². The van der Waals surface area contributed by atoms with Gasteiger partial charge in [-0.25, -0.2) is 0 Å². The zero-order valence-electron chi connectivity index (χ0n) is 17.7. The molecule has 0 radical (unpaired) electrons. The van der Waals surface area contributed by atoms with Crippen molar-refractivity contribution in [1.82, 2.24) is 15.5 Å². The molecule has 0 aliphatic carbocycles. The van der Waals surface area contributed by atoms with E-state index in [2.05, 4.69) is 40.8 Å². The second-order valence-electron chi connectivity index (χ2n) is 8.06. The number of nitrogens with one attached hydrogen (secondary N) is 3. The van der Waals surface area contributed by atoms with Gasteiger partial charge in [0.05, 0.1) is 6.54 Å². The topological polar surface area (TPSA) is 68.8 Å². The van der Waals surface area contributed by atoms with Crippen molar-refractivity contribution in [2.75, 3.05) is 44.6 Å². The summed E-state index contributed by atoms with van der Waals surface area (Å²) in [6.07, 6.45) is 4.27. The van der Waals surface area contributed by atoms with Crippen molar-refractivity contribution in [2.45, 2.75) is 45.4 Å². The minimum atomic E-state index is 0. The first kappa shape index (κ1) is 23.9. The number of para-hydroxylation sites is 1. The number of carbonyl (C=O) groups is 1. The fourth-order valence-electron chi connectivity index (χ4n) is 4.00. The molecule has 1 unspecified atom stereocenters. The Balaban J connectivity index is 0.00000300. The Bertz CT molecular complexity index is 673. The molecular weight excluding hydrogens is 477 g/mol. The summed E-state index contributed by atoms with van der Waals surface area (Å²) in [6.45, 7) is 10.4. The number of rotatable bonds is 7. The van der Waals surface area contributed by atoms with Crippen LogP contribution in [-0.4, -0.2) is 56.0 Å². The van der Waals surface area contributed by atoms with Gasteiger partial charge in [-0.05, 0) is 63.4 Å². The van der Waals surface area contributed by atoms with Gasteiger partial charge in [-0.15, -0.1) is 24.0 Å². The normalized spacial score (nSPS) is 20.4. The predicted octanol–water partition coefficient (Wildman–Crippen LogP) is 3.41. The lowest BCUT2D eigenvalue weighted by Crippen LogP contribution is -2.40. The number of likely N-dealkylation sites (tertiary alicyclic amines) is 1. The van der Waals surface area contributed by atoms with Gasteiger partial charge in [-0.3, -0.25) is 9.79 Å². The highest BCUT2D eigenvalue weighted by Gasteiger charge is 2.24. The summed E-state index contributed by atoms with van der Waals surface area (Å²) in [5.41, 5.74) is 2.11. The van der Waals surface area contributed by atoms with Crippen molar-refractivity contribution in [2.24, 2.45) is 10.9 Å². The standard InChI is InChI=1S/C22H35N5O.HI/c1-3-23-22(24-11-6-12-27-13-9-17(2)10-14-27)25-16-18-15-21(28)26-20-8-5-4-7-19(18)20;/h4-5,7-8,17-18H,3,6,9-16H2,1-2H3,(H,26,28)(H2,23,24,25);1H. The molecule has 2 heterocycles. The lowest BCUT2D eigenvalue weighted by molar-refractivity contribution is -0.116. The number of fused-ring (bicyclic) bond motifs is 1. The van der Waals surface area contributed by atoms with Crippen LogP contribution in [-0.2, 0) is 4.79 Å². The van der Waals surface area contributed by atoms with Crippen LogP contribution in [0.3, 0.4) is 0 Å². The molecule has 29 heavy (non-hydrogen) atoms. The quantitative estimate of drug-likeness (QED) is 0.226. The molecule has 3 N–H and O–H groups in total. The molecule has 1 saturated heterocycles. The summed E-state index contributed by atoms with van der Waals surface area (Å²) in [4.78, 5) is 19.3. The molecule has 1 aromatic carbocycles. The molecule has 6 nitrogen and oxygen atoms in total. The SMILES string of the molecule is CCNC(=NCC1CC(=O)Nc2ccccc21)NCCCN1CCC(C)CC1.I. The van der Waals surface area contributed by atoms with Gasteiger partial charge in [0.1, 0.15) is 0 Å². The Labute approximate surface area is 192 Å². The van der Waals surface area contributed by atoms with Crippen LogP contribution in [0.5, 0.6) is 0 Å². The van der Waals surface area contributed by atoms with E-state index in [1.54, 1.807) is 0 Å². The Morgan fingerprint density at radius 1 is 1.24 bits per heavy atom. The summed E-state index contributed by atoms with van der Waals surface area (Å²) in [5.74, 6) is 1.94. The predicted molar refractivity (Wildman–Crippen MR) is 131 cm³/mol. The molecule has 2 aliphatic rings. The van der Waals surface area contributed by atoms with Crippen LogP contribution in [0.15, 0.2) is 29.3 Å². The van der Waals surface area contributed by atoms with Gasteiger partial charge in [-0.2, -0.15) is 0 Å². The van der Waals surface area contributed by atoms with Gasteiger partial charge >= 0.3 is 0 Å². The number of benzene rings is 1. The zero-order chi connectivity index (χ0) is 19.8. The molecule has 3 rings (SSSR count). The van der Waals surface area contributed by atoms with E-state index in [1.807, 2.05) is 18.2 Å². The van der Waals surface area contributed by atoms with Crippen molar-refractivity contribution >= 4 is 41.5 Å². The fraction of sp³-hybridized carbons (Fsp3) is 0.636. The molecule has 0 aromatic heterocycles. The summed E-state index contributed by atoms with van der Waals surface area (Å²) < 4.78 is 0. The van der Waals surface area contributed by atoms with Crippen LogP contribution in [0, 0.1) is 5.92 Å². The molecule has 1 fully saturated rings. The third-order valence-corrected chi connectivity index (χ3v) is 5.74. The average Bonchev–Trinajstić information content (AvgIpc) is 2.70. The zero-order valence-corrected chi connectivity index (χ0v) is 20.1. The van der Waals surface area contributed by atoms with Gasteiger partial charge in [-0.1, -0.05) is 25.1 Å². The van der Waals surface area contributed by atoms with Crippen molar-refractivity contribution < 1.29 is 4.79 Å². The number of anilines is 1. The van der Waals surface area contributed by atoms with Crippen LogP contribution in [0.25, 0.3) is 0 Å². The van der Waals surface area contributed by atoms with Gasteiger partial charge in [0.15, 0.2) is 5.96 Å². The Morgan fingerprint density at radius 3 is 2.76 bits per heavy atom. The van der Waals surface area contributed by atoms with Crippen molar-refractivity contribution in [1.29, 1.82) is 0 Å². The van der Waals surface area contributed by atoms with Gasteiger partial charge < -0.3 is 20.9 Å². The second-order valence-corrected chi connectivity index (χ2v) is 8.06. The smallest absolute Gasteiger partial charge is 0.225 e. The number of piperidine rings is 1. The molecule has 7 heteroatoms. The molecular formula is C22H36IN5O. The minimum absolute atomic E-state index is 0. The first-order chi connectivity index (χ1) is 13.7. The fourth-order valence-corrected chi connectivity index (χ4v) is 4.00. The highest BCUT2D eigenvalue weighted by Crippen LogP contribution is 2.31. The summed E-state index contributed by atoms with van der Waals surface area (Å²) >= 11 is 0. The van der Waals surface area contributed by atoms with Crippen molar-refractivity contribution in [3.63, 3.8) is 0 Å². The largest absolute Gasteiger partial charge is 0.357 e. The van der Waals surface area contributed by atoms with E-state index < -0.39 is 0 Å². The van der Waals surface area contributed by atoms with Crippen LogP contribution >= 0.6 is 24.0 Å². The summed E-state index contributed by atoms with van der Waals surface area (Å²) in [5, 5.41) is 9.74. The molecule has 1 aromatic rings. The van der Waals surface area contributed by atoms with E-state index in [4.69, 9.17) is 4.99 Å². The average molecular weight is 513 g/mol. The highest BCUT2D eigenvalue weighted by molar-refractivity contribution is 14.0. The van der Waals surface area contributed by atoms with Gasteiger partial charge in [0, 0.05) is 31.1 Å². The molecule has 0 spiro atoms. The lowest BCUT2D eigenvalue weighted by atomic mass is 9.91. The summed E-state index contributed by atoms with van der Waals surface area (Å²) in [7, 11) is 0. The monoisotopic (exact) mass is 513 g/mol. The number of aliphatic imine (C=N–C) groups is 1. The van der Waals surface area contributed by atoms with E-state index >= 15 is 0 Å². The minimum Gasteiger partial charge on any atom is -0.357 e. The third-order valence-electron chi connectivity index (χ3n) is 5.74. The van der Waals surface area contributed by atoms with Crippen LogP contribution < -0.4 is 16.0 Å². The first-order valence-electron chi connectivity index (χ1n) is 10.8. The Kier molecular flexibility index (Phi) is 10.2.